The van der Waals surface area contributed by atoms with Crippen molar-refractivity contribution in [3.8, 4) is 56.4 Å². The lowest BCUT2D eigenvalue weighted by Crippen LogP contribution is -2.26. The highest BCUT2D eigenvalue weighted by Gasteiger charge is 2.52. The molecule has 2 aliphatic rings. The van der Waals surface area contributed by atoms with Crippen molar-refractivity contribution >= 4 is 22.3 Å². The molecule has 4 N–H and O–H groups in total. The molecule has 2 aliphatic carbocycles. The van der Waals surface area contributed by atoms with E-state index in [1.807, 2.05) is 72.8 Å². The van der Waals surface area contributed by atoms with Crippen LogP contribution >= 0.6 is 0 Å². The molecule has 0 saturated carbocycles. The molecule has 1 spiro atoms. The largest absolute Gasteiger partial charge is 0.462 e. The lowest BCUT2D eigenvalue weighted by Gasteiger charge is -2.30. The normalized spacial score (nSPS) is 15.3. The molecule has 48 heavy (non-hydrogen) atoms. The van der Waals surface area contributed by atoms with Crippen LogP contribution in [0, 0.1) is 0 Å². The molecule has 0 amide bonds. The SMILES string of the molecule is Nc1ccc2c(c1)C1(c3ccccc3-c3cc(-c4nc(-c5ccccc5)nc(-c5ccccc5)n4)ccc31)c1ccc3occ(N)c3c1-2. The molecule has 0 bridgehead atoms. The zero-order valence-corrected chi connectivity index (χ0v) is 25.7. The Morgan fingerprint density at radius 1 is 0.479 bits per heavy atom. The third-order valence-corrected chi connectivity index (χ3v) is 9.89. The van der Waals surface area contributed by atoms with Crippen molar-refractivity contribution in [2.75, 3.05) is 11.5 Å². The Hall–Kier alpha value is -6.53. The van der Waals surface area contributed by atoms with E-state index < -0.39 is 5.41 Å². The quantitative estimate of drug-likeness (QED) is 0.192. The predicted octanol–water partition coefficient (Wildman–Crippen LogP) is 9.13. The summed E-state index contributed by atoms with van der Waals surface area (Å²) >= 11 is 0. The van der Waals surface area contributed by atoms with Gasteiger partial charge in [0.15, 0.2) is 17.5 Å². The van der Waals surface area contributed by atoms with Crippen LogP contribution in [0.5, 0.6) is 0 Å². The first-order valence-electron chi connectivity index (χ1n) is 15.9. The van der Waals surface area contributed by atoms with Gasteiger partial charge >= 0.3 is 0 Å². The van der Waals surface area contributed by atoms with Crippen molar-refractivity contribution < 1.29 is 4.42 Å². The van der Waals surface area contributed by atoms with Crippen molar-refractivity contribution in [1.29, 1.82) is 0 Å². The van der Waals surface area contributed by atoms with Gasteiger partial charge in [-0.3, -0.25) is 0 Å². The van der Waals surface area contributed by atoms with E-state index >= 15 is 0 Å². The van der Waals surface area contributed by atoms with Crippen LogP contribution in [0.1, 0.15) is 22.3 Å². The van der Waals surface area contributed by atoms with Gasteiger partial charge in [-0.05, 0) is 68.8 Å². The molecule has 10 rings (SSSR count). The maximum atomic E-state index is 6.57. The number of nitrogens with zero attached hydrogens (tertiary/aromatic N) is 3. The second-order valence-corrected chi connectivity index (χ2v) is 12.5. The molecular weight excluding hydrogens is 590 g/mol. The van der Waals surface area contributed by atoms with Crippen LogP contribution in [0.15, 0.2) is 144 Å². The van der Waals surface area contributed by atoms with Gasteiger partial charge in [-0.1, -0.05) is 109 Å². The molecule has 2 aromatic heterocycles. The number of anilines is 2. The molecule has 226 valence electrons. The summed E-state index contributed by atoms with van der Waals surface area (Å²) in [5, 5.41) is 0.935. The van der Waals surface area contributed by atoms with Crippen molar-refractivity contribution in [3.63, 3.8) is 0 Å². The summed E-state index contributed by atoms with van der Waals surface area (Å²) in [5.41, 5.74) is 26.6. The molecule has 0 fully saturated rings. The highest BCUT2D eigenvalue weighted by atomic mass is 16.3. The molecule has 6 aromatic carbocycles. The van der Waals surface area contributed by atoms with Gasteiger partial charge in [0, 0.05) is 22.4 Å². The van der Waals surface area contributed by atoms with Gasteiger partial charge in [-0.2, -0.15) is 0 Å². The van der Waals surface area contributed by atoms with Gasteiger partial charge in [-0.25, -0.2) is 15.0 Å². The summed E-state index contributed by atoms with van der Waals surface area (Å²) < 4.78 is 5.88. The third kappa shape index (κ3) is 3.54. The van der Waals surface area contributed by atoms with Crippen molar-refractivity contribution in [3.05, 3.63) is 162 Å². The van der Waals surface area contributed by atoms with E-state index in [0.29, 0.717) is 28.8 Å². The Morgan fingerprint density at radius 2 is 1.10 bits per heavy atom. The van der Waals surface area contributed by atoms with E-state index in [4.69, 9.17) is 30.8 Å². The average molecular weight is 618 g/mol. The van der Waals surface area contributed by atoms with E-state index in [-0.39, 0.29) is 0 Å². The first-order valence-corrected chi connectivity index (χ1v) is 15.9. The topological polar surface area (TPSA) is 104 Å². The average Bonchev–Trinajstić information content (AvgIpc) is 3.77. The number of hydrogen-bond acceptors (Lipinski definition) is 6. The van der Waals surface area contributed by atoms with Gasteiger partial charge in [0.05, 0.1) is 16.5 Å². The number of nitrogen functional groups attached to an aromatic ring is 2. The molecule has 6 nitrogen and oxygen atoms in total. The molecule has 8 aromatic rings. The Bertz CT molecular complexity index is 2530. The van der Waals surface area contributed by atoms with E-state index in [1.54, 1.807) is 6.26 Å². The standard InChI is InChI=1S/C42H27N5O/c43-27-16-17-29-34(22-27)42(33-19-20-36-38(37(29)33)35(44)23-48-36)31-14-8-7-13-28(31)30-21-26(15-18-32(30)42)41-46-39(24-9-3-1-4-10-24)45-40(47-41)25-11-5-2-6-12-25/h1-23H,43-44H2. The van der Waals surface area contributed by atoms with Crippen LogP contribution in [0.4, 0.5) is 11.4 Å². The fourth-order valence-electron chi connectivity index (χ4n) is 7.92. The minimum Gasteiger partial charge on any atom is -0.462 e. The minimum atomic E-state index is -0.591. The first kappa shape index (κ1) is 26.7. The van der Waals surface area contributed by atoms with Crippen LogP contribution in [0.25, 0.3) is 67.4 Å². The number of hydrogen-bond donors (Lipinski definition) is 2. The summed E-state index contributed by atoms with van der Waals surface area (Å²) in [4.78, 5) is 15.0. The molecule has 0 saturated heterocycles. The monoisotopic (exact) mass is 617 g/mol. The molecule has 1 atom stereocenters. The predicted molar refractivity (Wildman–Crippen MR) is 191 cm³/mol. The molecule has 6 heteroatoms. The summed E-state index contributed by atoms with van der Waals surface area (Å²) in [6, 6.07) is 45.8. The number of aromatic nitrogens is 3. The zero-order chi connectivity index (χ0) is 32.0. The Kier molecular flexibility index (Phi) is 5.41. The Morgan fingerprint density at radius 3 is 1.83 bits per heavy atom. The summed E-state index contributed by atoms with van der Waals surface area (Å²) in [6.07, 6.45) is 1.64. The van der Waals surface area contributed by atoms with Crippen LogP contribution in [0.2, 0.25) is 0 Å². The first-order chi connectivity index (χ1) is 23.6. The van der Waals surface area contributed by atoms with Crippen molar-refractivity contribution in [1.82, 2.24) is 15.0 Å². The highest BCUT2D eigenvalue weighted by molar-refractivity contribution is 6.09. The second kappa shape index (κ2) is 9.74. The van der Waals surface area contributed by atoms with Gasteiger partial charge in [0.1, 0.15) is 11.8 Å². The lowest BCUT2D eigenvalue weighted by molar-refractivity contribution is 0.617. The van der Waals surface area contributed by atoms with Crippen molar-refractivity contribution in [2.45, 2.75) is 5.41 Å². The van der Waals surface area contributed by atoms with E-state index in [0.717, 1.165) is 55.5 Å². The van der Waals surface area contributed by atoms with E-state index in [1.165, 1.54) is 16.7 Å². The zero-order valence-electron chi connectivity index (χ0n) is 25.7. The van der Waals surface area contributed by atoms with Crippen LogP contribution in [-0.4, -0.2) is 15.0 Å². The van der Waals surface area contributed by atoms with Gasteiger partial charge in [0.2, 0.25) is 0 Å². The third-order valence-electron chi connectivity index (χ3n) is 9.89. The minimum absolute atomic E-state index is 0.591. The van der Waals surface area contributed by atoms with Crippen molar-refractivity contribution in [2.24, 2.45) is 0 Å². The number of benzene rings is 6. The second-order valence-electron chi connectivity index (χ2n) is 12.5. The lowest BCUT2D eigenvalue weighted by atomic mass is 9.70. The van der Waals surface area contributed by atoms with Gasteiger partial charge < -0.3 is 15.9 Å². The Balaban J connectivity index is 1.25. The molecule has 2 heterocycles. The Labute approximate surface area is 276 Å². The molecule has 0 aliphatic heterocycles. The number of furan rings is 1. The van der Waals surface area contributed by atoms with E-state index in [9.17, 15) is 0 Å². The number of fused-ring (bicyclic) bond motifs is 12. The highest BCUT2D eigenvalue weighted by Crippen LogP contribution is 2.64. The van der Waals surface area contributed by atoms with Gasteiger partial charge in [-0.15, -0.1) is 0 Å². The maximum absolute atomic E-state index is 6.57. The van der Waals surface area contributed by atoms with Crippen LogP contribution in [-0.2, 0) is 5.41 Å². The molecular formula is C42H27N5O. The molecule has 1 unspecified atom stereocenters. The fourth-order valence-corrected chi connectivity index (χ4v) is 7.92. The number of rotatable bonds is 3. The van der Waals surface area contributed by atoms with Gasteiger partial charge in [0.25, 0.3) is 0 Å². The fraction of sp³-hybridized carbons (Fsp3) is 0.0238. The summed E-state index contributed by atoms with van der Waals surface area (Å²) in [5.74, 6) is 1.88. The van der Waals surface area contributed by atoms with Crippen LogP contribution < -0.4 is 11.5 Å². The summed E-state index contributed by atoms with van der Waals surface area (Å²) in [7, 11) is 0. The number of nitrogens with two attached hydrogens (primary N) is 2. The summed E-state index contributed by atoms with van der Waals surface area (Å²) in [6.45, 7) is 0. The van der Waals surface area contributed by atoms with Crippen LogP contribution in [0.3, 0.4) is 0 Å². The smallest absolute Gasteiger partial charge is 0.164 e. The maximum Gasteiger partial charge on any atom is 0.164 e. The molecule has 0 radical (unpaired) electrons. The van der Waals surface area contributed by atoms with E-state index in [2.05, 4.69) is 60.7 Å².